The average molecular weight is 264 g/mol. The lowest BCUT2D eigenvalue weighted by molar-refractivity contribution is -0.120. The molecule has 0 unspecified atom stereocenters. The Morgan fingerprint density at radius 3 is 2.74 bits per heavy atom. The minimum absolute atomic E-state index is 0.203. The van der Waals surface area contributed by atoms with Gasteiger partial charge in [-0.05, 0) is 36.0 Å². The van der Waals surface area contributed by atoms with E-state index < -0.39 is 0 Å². The molecular weight excluding hydrogens is 240 g/mol. The number of benzene rings is 1. The first kappa shape index (κ1) is 15.5. The Morgan fingerprint density at radius 2 is 2.16 bits per heavy atom. The van der Waals surface area contributed by atoms with E-state index in [2.05, 4.69) is 26.2 Å². The van der Waals surface area contributed by atoms with E-state index >= 15 is 0 Å². The Morgan fingerprint density at radius 1 is 1.42 bits per heavy atom. The Hall–Kier alpha value is -1.55. The largest absolute Gasteiger partial charge is 0.493 e. The predicted molar refractivity (Wildman–Crippen MR) is 76.6 cm³/mol. The minimum Gasteiger partial charge on any atom is -0.493 e. The van der Waals surface area contributed by atoms with E-state index in [0.717, 1.165) is 17.7 Å². The lowest BCUT2D eigenvalue weighted by Gasteiger charge is -2.19. The van der Waals surface area contributed by atoms with Gasteiger partial charge in [0.25, 0.3) is 0 Å². The van der Waals surface area contributed by atoms with Crippen LogP contribution in [-0.4, -0.2) is 12.5 Å². The SMILES string of the molecule is CC[C@H](COc1cccc(CC(=O)NN)c1)C(C)C. The maximum absolute atomic E-state index is 11.2. The van der Waals surface area contributed by atoms with Crippen LogP contribution in [0.5, 0.6) is 5.75 Å². The summed E-state index contributed by atoms with van der Waals surface area (Å²) in [6.07, 6.45) is 1.38. The summed E-state index contributed by atoms with van der Waals surface area (Å²) in [6.45, 7) is 7.30. The van der Waals surface area contributed by atoms with E-state index in [1.54, 1.807) is 0 Å². The number of nitrogens with one attached hydrogen (secondary N) is 1. The number of ether oxygens (including phenoxy) is 1. The fourth-order valence-electron chi connectivity index (χ4n) is 1.97. The van der Waals surface area contributed by atoms with Gasteiger partial charge in [-0.1, -0.05) is 32.9 Å². The maximum Gasteiger partial charge on any atom is 0.238 e. The van der Waals surface area contributed by atoms with Crippen molar-refractivity contribution in [2.75, 3.05) is 6.61 Å². The summed E-state index contributed by atoms with van der Waals surface area (Å²) in [7, 11) is 0. The number of rotatable bonds is 7. The van der Waals surface area contributed by atoms with Crippen molar-refractivity contribution in [2.24, 2.45) is 17.7 Å². The molecule has 0 aliphatic heterocycles. The van der Waals surface area contributed by atoms with Crippen LogP contribution < -0.4 is 16.0 Å². The smallest absolute Gasteiger partial charge is 0.238 e. The highest BCUT2D eigenvalue weighted by atomic mass is 16.5. The zero-order valence-corrected chi connectivity index (χ0v) is 12.0. The number of carbonyl (C=O) groups is 1. The highest BCUT2D eigenvalue weighted by Gasteiger charge is 2.12. The second kappa shape index (κ2) is 7.79. The van der Waals surface area contributed by atoms with Crippen LogP contribution in [0.2, 0.25) is 0 Å². The molecule has 0 bridgehead atoms. The Kier molecular flexibility index (Phi) is 6.36. The van der Waals surface area contributed by atoms with Crippen LogP contribution in [0.25, 0.3) is 0 Å². The lowest BCUT2D eigenvalue weighted by atomic mass is 9.94. The summed E-state index contributed by atoms with van der Waals surface area (Å²) in [4.78, 5) is 11.2. The van der Waals surface area contributed by atoms with E-state index in [1.807, 2.05) is 24.3 Å². The quantitative estimate of drug-likeness (QED) is 0.451. The number of carbonyl (C=O) groups excluding carboxylic acids is 1. The van der Waals surface area contributed by atoms with Crippen molar-refractivity contribution in [2.45, 2.75) is 33.6 Å². The van der Waals surface area contributed by atoms with Gasteiger partial charge in [-0.25, -0.2) is 5.84 Å². The van der Waals surface area contributed by atoms with Crippen LogP contribution in [-0.2, 0) is 11.2 Å². The molecule has 106 valence electrons. The number of amides is 1. The molecule has 0 saturated carbocycles. The van der Waals surface area contributed by atoms with Crippen molar-refractivity contribution < 1.29 is 9.53 Å². The first-order valence-electron chi connectivity index (χ1n) is 6.78. The van der Waals surface area contributed by atoms with Crippen molar-refractivity contribution in [3.05, 3.63) is 29.8 Å². The molecule has 1 atom stereocenters. The van der Waals surface area contributed by atoms with Gasteiger partial charge in [0.2, 0.25) is 5.91 Å². The molecule has 4 heteroatoms. The van der Waals surface area contributed by atoms with Crippen molar-refractivity contribution in [1.82, 2.24) is 5.43 Å². The molecule has 19 heavy (non-hydrogen) atoms. The molecule has 0 aliphatic rings. The second-order valence-electron chi connectivity index (χ2n) is 5.12. The highest BCUT2D eigenvalue weighted by Crippen LogP contribution is 2.19. The van der Waals surface area contributed by atoms with Gasteiger partial charge in [-0.15, -0.1) is 0 Å². The molecule has 0 heterocycles. The van der Waals surface area contributed by atoms with Gasteiger partial charge in [0, 0.05) is 0 Å². The van der Waals surface area contributed by atoms with Gasteiger partial charge < -0.3 is 4.74 Å². The molecule has 1 rings (SSSR count). The maximum atomic E-state index is 11.2. The van der Waals surface area contributed by atoms with Crippen LogP contribution in [0.3, 0.4) is 0 Å². The zero-order chi connectivity index (χ0) is 14.3. The molecule has 0 aromatic heterocycles. The van der Waals surface area contributed by atoms with Crippen LogP contribution in [0.1, 0.15) is 32.8 Å². The first-order valence-corrected chi connectivity index (χ1v) is 6.78. The second-order valence-corrected chi connectivity index (χ2v) is 5.12. The number of hydrogen-bond acceptors (Lipinski definition) is 3. The van der Waals surface area contributed by atoms with Crippen molar-refractivity contribution in [3.8, 4) is 5.75 Å². The molecule has 0 fully saturated rings. The minimum atomic E-state index is -0.203. The Bertz CT molecular complexity index is 405. The molecule has 1 aromatic rings. The third-order valence-corrected chi connectivity index (χ3v) is 3.36. The Labute approximate surface area is 115 Å². The third kappa shape index (κ3) is 5.30. The Balaban J connectivity index is 2.59. The van der Waals surface area contributed by atoms with Gasteiger partial charge in [-0.2, -0.15) is 0 Å². The molecule has 1 amide bonds. The molecule has 4 nitrogen and oxygen atoms in total. The highest BCUT2D eigenvalue weighted by molar-refractivity contribution is 5.77. The van der Waals surface area contributed by atoms with E-state index in [1.165, 1.54) is 0 Å². The van der Waals surface area contributed by atoms with E-state index in [4.69, 9.17) is 10.6 Å². The van der Waals surface area contributed by atoms with E-state index in [-0.39, 0.29) is 12.3 Å². The van der Waals surface area contributed by atoms with Crippen molar-refractivity contribution >= 4 is 5.91 Å². The molecule has 0 spiro atoms. The van der Waals surface area contributed by atoms with Gasteiger partial charge in [0.15, 0.2) is 0 Å². The summed E-state index contributed by atoms with van der Waals surface area (Å²) in [5, 5.41) is 0. The standard InChI is InChI=1S/C15H24N2O2/c1-4-13(11(2)3)10-19-14-7-5-6-12(8-14)9-15(18)17-16/h5-8,11,13H,4,9-10,16H2,1-3H3,(H,17,18)/t13-/m1/s1. The van der Waals surface area contributed by atoms with Crippen LogP contribution in [0.15, 0.2) is 24.3 Å². The van der Waals surface area contributed by atoms with E-state index in [9.17, 15) is 4.79 Å². The topological polar surface area (TPSA) is 64.3 Å². The number of nitrogens with two attached hydrogens (primary N) is 1. The summed E-state index contributed by atoms with van der Waals surface area (Å²) < 4.78 is 5.81. The zero-order valence-electron chi connectivity index (χ0n) is 12.0. The van der Waals surface area contributed by atoms with Crippen LogP contribution in [0.4, 0.5) is 0 Å². The lowest BCUT2D eigenvalue weighted by Crippen LogP contribution is -2.31. The molecule has 3 N–H and O–H groups in total. The third-order valence-electron chi connectivity index (χ3n) is 3.36. The molecule has 0 radical (unpaired) electrons. The van der Waals surface area contributed by atoms with Crippen LogP contribution >= 0.6 is 0 Å². The van der Waals surface area contributed by atoms with Gasteiger partial charge in [0.05, 0.1) is 13.0 Å². The number of hydrazine groups is 1. The fraction of sp³-hybridized carbons (Fsp3) is 0.533. The summed E-state index contributed by atoms with van der Waals surface area (Å²) in [5.74, 6) is 6.84. The molecule has 1 aromatic carbocycles. The van der Waals surface area contributed by atoms with E-state index in [0.29, 0.717) is 18.4 Å². The molecule has 0 saturated heterocycles. The monoisotopic (exact) mass is 264 g/mol. The van der Waals surface area contributed by atoms with Gasteiger partial charge >= 0.3 is 0 Å². The summed E-state index contributed by atoms with van der Waals surface area (Å²) >= 11 is 0. The summed E-state index contributed by atoms with van der Waals surface area (Å²) in [6, 6.07) is 7.59. The number of hydrogen-bond donors (Lipinski definition) is 2. The van der Waals surface area contributed by atoms with Gasteiger partial charge in [0.1, 0.15) is 5.75 Å². The molecule has 0 aliphatic carbocycles. The normalized spacial score (nSPS) is 12.3. The predicted octanol–water partition coefficient (Wildman–Crippen LogP) is 2.28. The fourth-order valence-corrected chi connectivity index (χ4v) is 1.97. The van der Waals surface area contributed by atoms with Crippen molar-refractivity contribution in [3.63, 3.8) is 0 Å². The van der Waals surface area contributed by atoms with Crippen molar-refractivity contribution in [1.29, 1.82) is 0 Å². The summed E-state index contributed by atoms with van der Waals surface area (Å²) in [5.41, 5.74) is 3.03. The van der Waals surface area contributed by atoms with Crippen LogP contribution in [0, 0.1) is 11.8 Å². The molecular formula is C15H24N2O2. The first-order chi connectivity index (χ1) is 9.06. The van der Waals surface area contributed by atoms with Gasteiger partial charge in [-0.3, -0.25) is 10.2 Å². The average Bonchev–Trinajstić information content (AvgIpc) is 2.39.